The monoisotopic (exact) mass is 285 g/mol. The highest BCUT2D eigenvalue weighted by atomic mass is 32.2. The summed E-state index contributed by atoms with van der Waals surface area (Å²) >= 11 is 2.10. The molecule has 0 spiro atoms. The zero-order chi connectivity index (χ0) is 13.5. The summed E-state index contributed by atoms with van der Waals surface area (Å²) in [6.07, 6.45) is 2.67. The third-order valence-corrected chi connectivity index (χ3v) is 5.12. The molecule has 3 nitrogen and oxygen atoms in total. The van der Waals surface area contributed by atoms with Crippen molar-refractivity contribution in [3.05, 3.63) is 0 Å². The second-order valence-electron chi connectivity index (χ2n) is 6.38. The van der Waals surface area contributed by atoms with Crippen molar-refractivity contribution in [2.24, 2.45) is 5.92 Å². The molecule has 0 unspecified atom stereocenters. The average Bonchev–Trinajstić information content (AvgIpc) is 2.41. The van der Waals surface area contributed by atoms with Crippen molar-refractivity contribution in [2.75, 3.05) is 57.3 Å². The number of hydrogen-bond donors (Lipinski definition) is 1. The van der Waals surface area contributed by atoms with Crippen LogP contribution in [0.5, 0.6) is 0 Å². The first-order valence-corrected chi connectivity index (χ1v) is 9.15. The van der Waals surface area contributed by atoms with Crippen LogP contribution in [0.3, 0.4) is 0 Å². The molecular weight excluding hydrogens is 254 g/mol. The molecule has 4 heteroatoms. The summed E-state index contributed by atoms with van der Waals surface area (Å²) in [5, 5.41) is 3.77. The van der Waals surface area contributed by atoms with Gasteiger partial charge >= 0.3 is 0 Å². The van der Waals surface area contributed by atoms with E-state index in [4.69, 9.17) is 0 Å². The van der Waals surface area contributed by atoms with E-state index >= 15 is 0 Å². The second kappa shape index (κ2) is 8.50. The zero-order valence-electron chi connectivity index (χ0n) is 12.7. The maximum atomic E-state index is 3.77. The minimum Gasteiger partial charge on any atom is -0.313 e. The van der Waals surface area contributed by atoms with Gasteiger partial charge in [0.2, 0.25) is 0 Å². The lowest BCUT2D eigenvalue weighted by molar-refractivity contribution is 0.177. The topological polar surface area (TPSA) is 18.5 Å². The molecule has 1 N–H and O–H groups in total. The lowest BCUT2D eigenvalue weighted by atomic mass is 10.0. The van der Waals surface area contributed by atoms with Crippen LogP contribution in [0.25, 0.3) is 0 Å². The van der Waals surface area contributed by atoms with E-state index in [0.717, 1.165) is 12.0 Å². The van der Waals surface area contributed by atoms with Gasteiger partial charge in [0, 0.05) is 50.3 Å². The Labute approximate surface area is 123 Å². The Morgan fingerprint density at radius 2 is 1.74 bits per heavy atom. The molecule has 2 heterocycles. The molecule has 0 aromatic carbocycles. The molecule has 0 radical (unpaired) electrons. The highest BCUT2D eigenvalue weighted by Gasteiger charge is 2.19. The SMILES string of the molecule is CC(C)CN1CCC(NCCN2CCSCC2)CC1. The molecule has 0 saturated carbocycles. The van der Waals surface area contributed by atoms with Gasteiger partial charge in [-0.1, -0.05) is 13.8 Å². The first-order chi connectivity index (χ1) is 9.24. The highest BCUT2D eigenvalue weighted by molar-refractivity contribution is 7.99. The van der Waals surface area contributed by atoms with Gasteiger partial charge in [0.25, 0.3) is 0 Å². The molecular formula is C15H31N3S. The van der Waals surface area contributed by atoms with Gasteiger partial charge in [-0.15, -0.1) is 0 Å². The first kappa shape index (κ1) is 15.6. The van der Waals surface area contributed by atoms with Gasteiger partial charge in [-0.05, 0) is 31.8 Å². The third-order valence-electron chi connectivity index (χ3n) is 4.18. The summed E-state index contributed by atoms with van der Waals surface area (Å²) in [6.45, 7) is 13.5. The van der Waals surface area contributed by atoms with E-state index in [1.165, 1.54) is 70.2 Å². The summed E-state index contributed by atoms with van der Waals surface area (Å²) in [5.41, 5.74) is 0. The van der Waals surface area contributed by atoms with Crippen molar-refractivity contribution < 1.29 is 0 Å². The fourth-order valence-electron chi connectivity index (χ4n) is 3.09. The lowest BCUT2D eigenvalue weighted by Gasteiger charge is -2.34. The zero-order valence-corrected chi connectivity index (χ0v) is 13.6. The largest absolute Gasteiger partial charge is 0.313 e. The average molecular weight is 286 g/mol. The van der Waals surface area contributed by atoms with Crippen molar-refractivity contribution >= 4 is 11.8 Å². The summed E-state index contributed by atoms with van der Waals surface area (Å²) in [4.78, 5) is 5.24. The van der Waals surface area contributed by atoms with Gasteiger partial charge in [-0.2, -0.15) is 11.8 Å². The van der Waals surface area contributed by atoms with Gasteiger partial charge in [-0.3, -0.25) is 0 Å². The van der Waals surface area contributed by atoms with E-state index in [2.05, 4.69) is 40.7 Å². The molecule has 0 aromatic rings. The summed E-state index contributed by atoms with van der Waals surface area (Å²) in [7, 11) is 0. The minimum atomic E-state index is 0.766. The van der Waals surface area contributed by atoms with E-state index in [0.29, 0.717) is 0 Å². The molecule has 0 atom stereocenters. The Balaban J connectivity index is 1.53. The quantitative estimate of drug-likeness (QED) is 0.801. The Hall–Kier alpha value is 0.230. The van der Waals surface area contributed by atoms with Crippen molar-refractivity contribution in [3.63, 3.8) is 0 Å². The minimum absolute atomic E-state index is 0.766. The second-order valence-corrected chi connectivity index (χ2v) is 7.60. The Morgan fingerprint density at radius 3 is 2.37 bits per heavy atom. The van der Waals surface area contributed by atoms with Crippen LogP contribution in [-0.4, -0.2) is 73.2 Å². The van der Waals surface area contributed by atoms with Crippen LogP contribution in [0.2, 0.25) is 0 Å². The van der Waals surface area contributed by atoms with Gasteiger partial charge in [-0.25, -0.2) is 0 Å². The molecule has 2 aliphatic heterocycles. The van der Waals surface area contributed by atoms with Crippen molar-refractivity contribution in [2.45, 2.75) is 32.7 Å². The van der Waals surface area contributed by atoms with E-state index < -0.39 is 0 Å². The maximum absolute atomic E-state index is 3.77. The van der Waals surface area contributed by atoms with Crippen LogP contribution >= 0.6 is 11.8 Å². The summed E-state index contributed by atoms with van der Waals surface area (Å²) < 4.78 is 0. The Kier molecular flexibility index (Phi) is 6.99. The predicted octanol–water partition coefficient (Wildman–Crippen LogP) is 1.75. The number of piperidine rings is 1. The number of likely N-dealkylation sites (tertiary alicyclic amines) is 1. The number of nitrogens with one attached hydrogen (secondary N) is 1. The van der Waals surface area contributed by atoms with Crippen LogP contribution in [0.1, 0.15) is 26.7 Å². The smallest absolute Gasteiger partial charge is 0.0108 e. The van der Waals surface area contributed by atoms with Crippen molar-refractivity contribution in [3.8, 4) is 0 Å². The van der Waals surface area contributed by atoms with Crippen LogP contribution < -0.4 is 5.32 Å². The van der Waals surface area contributed by atoms with Gasteiger partial charge in [0.15, 0.2) is 0 Å². The van der Waals surface area contributed by atoms with Gasteiger partial charge in [0.05, 0.1) is 0 Å². The predicted molar refractivity (Wildman–Crippen MR) is 86.1 cm³/mol. The summed E-state index contributed by atoms with van der Waals surface area (Å²) in [6, 6.07) is 0.766. The third kappa shape index (κ3) is 6.03. The fourth-order valence-corrected chi connectivity index (χ4v) is 4.07. The highest BCUT2D eigenvalue weighted by Crippen LogP contribution is 2.12. The van der Waals surface area contributed by atoms with Crippen molar-refractivity contribution in [1.82, 2.24) is 15.1 Å². The van der Waals surface area contributed by atoms with Crippen LogP contribution in [0.4, 0.5) is 0 Å². The molecule has 0 aliphatic carbocycles. The molecule has 19 heavy (non-hydrogen) atoms. The standard InChI is InChI=1S/C15H31N3S/c1-14(2)13-18-6-3-15(4-7-18)16-5-8-17-9-11-19-12-10-17/h14-16H,3-13H2,1-2H3. The maximum Gasteiger partial charge on any atom is 0.0108 e. The van der Waals surface area contributed by atoms with Gasteiger partial charge in [0.1, 0.15) is 0 Å². The number of rotatable bonds is 6. The first-order valence-electron chi connectivity index (χ1n) is 8.00. The van der Waals surface area contributed by atoms with Crippen LogP contribution in [0, 0.1) is 5.92 Å². The molecule has 0 amide bonds. The van der Waals surface area contributed by atoms with E-state index in [1.807, 2.05) is 0 Å². The van der Waals surface area contributed by atoms with Crippen LogP contribution in [0.15, 0.2) is 0 Å². The molecule has 2 fully saturated rings. The summed E-state index contributed by atoms with van der Waals surface area (Å²) in [5.74, 6) is 3.46. The molecule has 2 aliphatic rings. The van der Waals surface area contributed by atoms with Crippen molar-refractivity contribution in [1.29, 1.82) is 0 Å². The molecule has 0 bridgehead atoms. The van der Waals surface area contributed by atoms with E-state index in [-0.39, 0.29) is 0 Å². The molecule has 112 valence electrons. The number of hydrogen-bond acceptors (Lipinski definition) is 4. The number of thioether (sulfide) groups is 1. The fraction of sp³-hybridized carbons (Fsp3) is 1.00. The van der Waals surface area contributed by atoms with E-state index in [1.54, 1.807) is 0 Å². The van der Waals surface area contributed by atoms with Gasteiger partial charge < -0.3 is 15.1 Å². The molecule has 0 aromatic heterocycles. The molecule has 2 rings (SSSR count). The van der Waals surface area contributed by atoms with Crippen LogP contribution in [-0.2, 0) is 0 Å². The molecule has 2 saturated heterocycles. The lowest BCUT2D eigenvalue weighted by Crippen LogP contribution is -2.46. The van der Waals surface area contributed by atoms with E-state index in [9.17, 15) is 0 Å². The normalized spacial score (nSPS) is 24.2. The Morgan fingerprint density at radius 1 is 1.05 bits per heavy atom. The Bertz CT molecular complexity index is 234. The number of nitrogens with zero attached hydrogens (tertiary/aromatic N) is 2.